The van der Waals surface area contributed by atoms with Crippen molar-refractivity contribution in [3.05, 3.63) is 54.0 Å². The molecule has 0 saturated carbocycles. The fourth-order valence-electron chi connectivity index (χ4n) is 4.21. The summed E-state index contributed by atoms with van der Waals surface area (Å²) in [6.45, 7) is 2.11. The summed E-state index contributed by atoms with van der Waals surface area (Å²) < 4.78 is 1.88. The molecule has 1 atom stereocenters. The van der Waals surface area contributed by atoms with Gasteiger partial charge in [-0.25, -0.2) is 5.06 Å². The molecule has 4 heterocycles. The largest absolute Gasteiger partial charge is 0.360 e. The molecule has 1 saturated heterocycles. The average Bonchev–Trinajstić information content (AvgIpc) is 3.41. The molecule has 2 aliphatic rings. The van der Waals surface area contributed by atoms with Crippen LogP contribution in [0.2, 0.25) is 0 Å². The normalized spacial score (nSPS) is 19.4. The smallest absolute Gasteiger partial charge is 0.256 e. The second kappa shape index (κ2) is 7.36. The van der Waals surface area contributed by atoms with E-state index in [9.17, 15) is 9.59 Å². The molecule has 1 aromatic carbocycles. The summed E-state index contributed by atoms with van der Waals surface area (Å²) in [6, 6.07) is 9.47. The lowest BCUT2D eigenvalue weighted by Gasteiger charge is -2.35. The van der Waals surface area contributed by atoms with Crippen molar-refractivity contribution in [2.75, 3.05) is 19.7 Å². The van der Waals surface area contributed by atoms with Crippen LogP contribution in [0.25, 0.3) is 10.9 Å². The van der Waals surface area contributed by atoms with Crippen LogP contribution < -0.4 is 0 Å². The number of aromatic nitrogens is 3. The first kappa shape index (κ1) is 17.9. The van der Waals surface area contributed by atoms with Gasteiger partial charge in [-0.1, -0.05) is 18.2 Å². The first-order valence-electron chi connectivity index (χ1n) is 10.0. The molecule has 8 nitrogen and oxygen atoms in total. The van der Waals surface area contributed by atoms with Crippen LogP contribution in [0.3, 0.4) is 0 Å². The number of hydroxylamine groups is 2. The van der Waals surface area contributed by atoms with E-state index in [0.29, 0.717) is 31.8 Å². The van der Waals surface area contributed by atoms with Crippen LogP contribution in [0.4, 0.5) is 0 Å². The second-order valence-electron chi connectivity index (χ2n) is 7.59. The molecule has 8 heteroatoms. The third-order valence-electron chi connectivity index (χ3n) is 5.68. The highest BCUT2D eigenvalue weighted by Gasteiger charge is 2.32. The summed E-state index contributed by atoms with van der Waals surface area (Å²) in [5.41, 5.74) is 2.52. The Balaban J connectivity index is 1.38. The van der Waals surface area contributed by atoms with Crippen molar-refractivity contribution in [1.82, 2.24) is 24.7 Å². The fraction of sp³-hybridized carbons (Fsp3) is 0.381. The Kier molecular flexibility index (Phi) is 4.55. The van der Waals surface area contributed by atoms with Crippen LogP contribution in [0, 0.1) is 0 Å². The van der Waals surface area contributed by atoms with Gasteiger partial charge in [-0.2, -0.15) is 5.10 Å². The van der Waals surface area contributed by atoms with Crippen molar-refractivity contribution >= 4 is 22.7 Å². The van der Waals surface area contributed by atoms with E-state index in [0.717, 1.165) is 29.4 Å². The summed E-state index contributed by atoms with van der Waals surface area (Å²) in [5.74, 6) is -0.0980. The van der Waals surface area contributed by atoms with Gasteiger partial charge in [0.2, 0.25) is 5.91 Å². The number of hydrogen-bond donors (Lipinski definition) is 1. The zero-order valence-electron chi connectivity index (χ0n) is 16.1. The number of carbonyl (C=O) groups excluding carboxylic acids is 2. The Hall–Kier alpha value is -3.13. The van der Waals surface area contributed by atoms with E-state index in [1.807, 2.05) is 39.9 Å². The SMILES string of the molecule is O=C(c1c[nH]c2ccccc12)N1Cc2ccnn2[C@@H](CC(=O)N2CCCCO2)C1. The van der Waals surface area contributed by atoms with Crippen LogP contribution in [-0.4, -0.2) is 56.2 Å². The van der Waals surface area contributed by atoms with Crippen molar-refractivity contribution in [2.24, 2.45) is 0 Å². The Morgan fingerprint density at radius 3 is 2.97 bits per heavy atom. The van der Waals surface area contributed by atoms with Gasteiger partial charge in [0, 0.05) is 36.4 Å². The molecule has 2 aromatic heterocycles. The average molecular weight is 393 g/mol. The molecule has 150 valence electrons. The standard InChI is InChI=1S/C21H23N5O3/c27-20(25-9-3-4-10-29-25)11-16-14-24(13-15-7-8-23-26(15)16)21(28)18-12-22-19-6-2-1-5-17(18)19/h1-2,5-8,12,16,22H,3-4,9-11,13-14H2/t16-/m0/s1. The topological polar surface area (TPSA) is 83.5 Å². The maximum absolute atomic E-state index is 13.3. The highest BCUT2D eigenvalue weighted by molar-refractivity contribution is 6.06. The number of nitrogens with zero attached hydrogens (tertiary/aromatic N) is 4. The second-order valence-corrected chi connectivity index (χ2v) is 7.59. The van der Waals surface area contributed by atoms with Gasteiger partial charge in [0.1, 0.15) is 0 Å². The van der Waals surface area contributed by atoms with Gasteiger partial charge in [0.05, 0.1) is 36.9 Å². The zero-order valence-corrected chi connectivity index (χ0v) is 16.1. The van der Waals surface area contributed by atoms with Crippen molar-refractivity contribution in [1.29, 1.82) is 0 Å². The van der Waals surface area contributed by atoms with Gasteiger partial charge in [-0.15, -0.1) is 0 Å². The van der Waals surface area contributed by atoms with Crippen LogP contribution >= 0.6 is 0 Å². The van der Waals surface area contributed by atoms with Gasteiger partial charge < -0.3 is 9.88 Å². The fourth-order valence-corrected chi connectivity index (χ4v) is 4.21. The minimum atomic E-state index is -0.207. The number of aromatic amines is 1. The molecule has 1 fully saturated rings. The van der Waals surface area contributed by atoms with E-state index < -0.39 is 0 Å². The summed E-state index contributed by atoms with van der Waals surface area (Å²) >= 11 is 0. The molecule has 2 amide bonds. The number of nitrogens with one attached hydrogen (secondary N) is 1. The van der Waals surface area contributed by atoms with Crippen LogP contribution in [-0.2, 0) is 16.2 Å². The van der Waals surface area contributed by atoms with E-state index in [-0.39, 0.29) is 24.3 Å². The minimum absolute atomic E-state index is 0.0402. The predicted molar refractivity (Wildman–Crippen MR) is 106 cm³/mol. The molecule has 0 spiro atoms. The highest BCUT2D eigenvalue weighted by atomic mass is 16.7. The van der Waals surface area contributed by atoms with Crippen molar-refractivity contribution in [3.8, 4) is 0 Å². The lowest BCUT2D eigenvalue weighted by Crippen LogP contribution is -2.44. The molecule has 5 rings (SSSR count). The van der Waals surface area contributed by atoms with Gasteiger partial charge in [-0.05, 0) is 25.0 Å². The van der Waals surface area contributed by atoms with E-state index in [1.165, 1.54) is 5.06 Å². The lowest BCUT2D eigenvalue weighted by atomic mass is 10.1. The molecular formula is C21H23N5O3. The van der Waals surface area contributed by atoms with Crippen LogP contribution in [0.1, 0.15) is 41.4 Å². The molecular weight excluding hydrogens is 370 g/mol. The number of amides is 2. The van der Waals surface area contributed by atoms with Gasteiger partial charge in [0.25, 0.3) is 5.91 Å². The first-order valence-corrected chi connectivity index (χ1v) is 10.0. The third kappa shape index (κ3) is 3.29. The third-order valence-corrected chi connectivity index (χ3v) is 5.68. The van der Waals surface area contributed by atoms with Gasteiger partial charge in [-0.3, -0.25) is 19.1 Å². The van der Waals surface area contributed by atoms with Gasteiger partial charge in [0.15, 0.2) is 0 Å². The molecule has 3 aromatic rings. The zero-order chi connectivity index (χ0) is 19.8. The van der Waals surface area contributed by atoms with Crippen molar-refractivity contribution < 1.29 is 14.4 Å². The maximum Gasteiger partial charge on any atom is 0.256 e. The Morgan fingerprint density at radius 1 is 1.21 bits per heavy atom. The van der Waals surface area contributed by atoms with E-state index in [2.05, 4.69) is 10.1 Å². The molecule has 0 bridgehead atoms. The molecule has 0 radical (unpaired) electrons. The molecule has 0 unspecified atom stereocenters. The summed E-state index contributed by atoms with van der Waals surface area (Å²) in [7, 11) is 0. The minimum Gasteiger partial charge on any atom is -0.360 e. The Morgan fingerprint density at radius 2 is 2.10 bits per heavy atom. The number of para-hydroxylation sites is 1. The van der Waals surface area contributed by atoms with Crippen LogP contribution in [0.5, 0.6) is 0 Å². The van der Waals surface area contributed by atoms with Crippen molar-refractivity contribution in [2.45, 2.75) is 31.8 Å². The number of H-pyrrole nitrogens is 1. The highest BCUT2D eigenvalue weighted by Crippen LogP contribution is 2.27. The van der Waals surface area contributed by atoms with E-state index >= 15 is 0 Å². The van der Waals surface area contributed by atoms with Crippen LogP contribution in [0.15, 0.2) is 42.7 Å². The number of fused-ring (bicyclic) bond motifs is 2. The first-order chi connectivity index (χ1) is 14.2. The lowest BCUT2D eigenvalue weighted by molar-refractivity contribution is -0.198. The monoisotopic (exact) mass is 393 g/mol. The summed E-state index contributed by atoms with van der Waals surface area (Å²) in [6.07, 6.45) is 5.68. The maximum atomic E-state index is 13.3. The Labute approximate surface area is 168 Å². The quantitative estimate of drug-likeness (QED) is 0.741. The number of carbonyl (C=O) groups is 2. The summed E-state index contributed by atoms with van der Waals surface area (Å²) in [4.78, 5) is 36.5. The number of benzene rings is 1. The number of hydrogen-bond acceptors (Lipinski definition) is 4. The van der Waals surface area contributed by atoms with E-state index in [1.54, 1.807) is 12.4 Å². The molecule has 0 aliphatic carbocycles. The summed E-state index contributed by atoms with van der Waals surface area (Å²) in [5, 5.41) is 6.78. The number of rotatable bonds is 3. The molecule has 29 heavy (non-hydrogen) atoms. The van der Waals surface area contributed by atoms with E-state index in [4.69, 9.17) is 4.84 Å². The van der Waals surface area contributed by atoms with Crippen molar-refractivity contribution in [3.63, 3.8) is 0 Å². The molecule has 2 aliphatic heterocycles. The van der Waals surface area contributed by atoms with Gasteiger partial charge >= 0.3 is 0 Å². The molecule has 1 N–H and O–H groups in total. The Bertz CT molecular complexity index is 1050. The predicted octanol–water partition coefficient (Wildman–Crippen LogP) is 2.51.